The van der Waals surface area contributed by atoms with Gasteiger partial charge in [-0.1, -0.05) is 0 Å². The Morgan fingerprint density at radius 1 is 1.37 bits per heavy atom. The Morgan fingerprint density at radius 2 is 2.05 bits per heavy atom. The third-order valence-electron chi connectivity index (χ3n) is 2.58. The summed E-state index contributed by atoms with van der Waals surface area (Å²) in [5.41, 5.74) is 0.220. The van der Waals surface area contributed by atoms with E-state index in [1.54, 1.807) is 11.9 Å². The zero-order valence-corrected chi connectivity index (χ0v) is 11.8. The number of carbonyl (C=O) groups excluding carboxylic acids is 1. The number of halogens is 1. The van der Waals surface area contributed by atoms with E-state index in [1.807, 2.05) is 0 Å². The molecule has 1 rings (SSSR count). The molecular formula is C12H17FN2O3S. The molecule has 1 aromatic rings. The zero-order chi connectivity index (χ0) is 14.5. The Morgan fingerprint density at radius 3 is 2.58 bits per heavy atom. The third kappa shape index (κ3) is 6.40. The Kier molecular flexibility index (Phi) is 5.56. The van der Waals surface area contributed by atoms with Crippen molar-refractivity contribution < 1.29 is 17.6 Å². The molecule has 106 valence electrons. The van der Waals surface area contributed by atoms with Crippen LogP contribution in [-0.4, -0.2) is 56.2 Å². The van der Waals surface area contributed by atoms with E-state index < -0.39 is 15.7 Å². The van der Waals surface area contributed by atoms with Crippen molar-refractivity contribution in [3.05, 3.63) is 29.8 Å². The maximum atomic E-state index is 12.6. The molecule has 0 saturated heterocycles. The summed E-state index contributed by atoms with van der Waals surface area (Å²) in [7, 11) is -1.25. The highest BCUT2D eigenvalue weighted by atomic mass is 32.2. The van der Waals surface area contributed by atoms with Crippen LogP contribution in [0.25, 0.3) is 0 Å². The molecule has 0 radical (unpaired) electrons. The molecule has 19 heavy (non-hydrogen) atoms. The first-order valence-electron chi connectivity index (χ1n) is 5.79. The van der Waals surface area contributed by atoms with Gasteiger partial charge in [0, 0.05) is 25.8 Å². The van der Waals surface area contributed by atoms with E-state index in [2.05, 4.69) is 4.98 Å². The lowest BCUT2D eigenvalue weighted by Gasteiger charge is -2.14. The Hall–Kier alpha value is -1.34. The summed E-state index contributed by atoms with van der Waals surface area (Å²) >= 11 is 0. The topological polar surface area (TPSA) is 67.3 Å². The largest absolute Gasteiger partial charge is 0.305 e. The van der Waals surface area contributed by atoms with Crippen molar-refractivity contribution in [1.82, 2.24) is 9.88 Å². The smallest absolute Gasteiger partial charge is 0.182 e. The Balaban J connectivity index is 2.40. The second kappa shape index (κ2) is 6.72. The van der Waals surface area contributed by atoms with E-state index in [0.29, 0.717) is 13.1 Å². The molecule has 0 fully saturated rings. The van der Waals surface area contributed by atoms with Crippen molar-refractivity contribution in [2.45, 2.75) is 6.42 Å². The molecule has 0 aromatic carbocycles. The van der Waals surface area contributed by atoms with E-state index in [-0.39, 0.29) is 23.7 Å². The fourth-order valence-corrected chi connectivity index (χ4v) is 2.04. The first kappa shape index (κ1) is 15.7. The van der Waals surface area contributed by atoms with Crippen LogP contribution in [0.2, 0.25) is 0 Å². The third-order valence-corrected chi connectivity index (χ3v) is 3.50. The number of ketones is 1. The highest BCUT2D eigenvalue weighted by Gasteiger charge is 2.10. The van der Waals surface area contributed by atoms with Gasteiger partial charge in [-0.25, -0.2) is 12.8 Å². The fourth-order valence-electron chi connectivity index (χ4n) is 1.39. The van der Waals surface area contributed by atoms with Gasteiger partial charge in [0.2, 0.25) is 0 Å². The number of pyridine rings is 1. The normalized spacial score (nSPS) is 11.8. The number of sulfone groups is 1. The standard InChI is InChI=1S/C12H17FN2O3S/c1-15(7-8-19(2,17)18)6-5-12(16)11-4-3-10(13)9-14-11/h3-4,9H,5-8H2,1-2H3. The van der Waals surface area contributed by atoms with Gasteiger partial charge in [-0.15, -0.1) is 0 Å². The summed E-state index contributed by atoms with van der Waals surface area (Å²) in [5, 5.41) is 0. The highest BCUT2D eigenvalue weighted by molar-refractivity contribution is 7.90. The molecule has 0 unspecified atom stereocenters. The quantitative estimate of drug-likeness (QED) is 0.693. The van der Waals surface area contributed by atoms with Crippen LogP contribution in [0, 0.1) is 5.82 Å². The summed E-state index contributed by atoms with van der Waals surface area (Å²) in [4.78, 5) is 17.2. The van der Waals surface area contributed by atoms with Crippen LogP contribution in [0.4, 0.5) is 4.39 Å². The summed E-state index contributed by atoms with van der Waals surface area (Å²) in [6.07, 6.45) is 2.40. The lowest BCUT2D eigenvalue weighted by Crippen LogP contribution is -2.27. The minimum atomic E-state index is -3.00. The van der Waals surface area contributed by atoms with Crippen molar-refractivity contribution >= 4 is 15.6 Å². The zero-order valence-electron chi connectivity index (χ0n) is 11.0. The second-order valence-electron chi connectivity index (χ2n) is 4.47. The highest BCUT2D eigenvalue weighted by Crippen LogP contribution is 2.02. The van der Waals surface area contributed by atoms with Gasteiger partial charge in [-0.3, -0.25) is 9.78 Å². The molecule has 1 aromatic heterocycles. The van der Waals surface area contributed by atoms with Crippen molar-refractivity contribution in [1.29, 1.82) is 0 Å². The molecule has 0 amide bonds. The molecule has 0 aliphatic rings. The molecule has 0 spiro atoms. The van der Waals surface area contributed by atoms with Crippen LogP contribution >= 0.6 is 0 Å². The minimum absolute atomic E-state index is 0.0620. The fraction of sp³-hybridized carbons (Fsp3) is 0.500. The summed E-state index contributed by atoms with van der Waals surface area (Å²) in [6, 6.07) is 2.53. The van der Waals surface area contributed by atoms with Crippen LogP contribution in [0.3, 0.4) is 0 Å². The second-order valence-corrected chi connectivity index (χ2v) is 6.73. The van der Waals surface area contributed by atoms with Crippen LogP contribution in [0.15, 0.2) is 18.3 Å². The number of hydrogen-bond acceptors (Lipinski definition) is 5. The van der Waals surface area contributed by atoms with E-state index in [9.17, 15) is 17.6 Å². The van der Waals surface area contributed by atoms with Gasteiger partial charge < -0.3 is 4.90 Å². The Bertz CT molecular complexity index is 528. The van der Waals surface area contributed by atoms with Gasteiger partial charge in [0.1, 0.15) is 21.3 Å². The van der Waals surface area contributed by atoms with E-state index in [1.165, 1.54) is 18.4 Å². The van der Waals surface area contributed by atoms with E-state index in [4.69, 9.17) is 0 Å². The lowest BCUT2D eigenvalue weighted by molar-refractivity contribution is 0.0965. The SMILES string of the molecule is CN(CCC(=O)c1ccc(F)cn1)CCS(C)(=O)=O. The maximum absolute atomic E-state index is 12.6. The number of Topliss-reactive ketones (excluding diaryl/α,β-unsaturated/α-hetero) is 1. The van der Waals surface area contributed by atoms with Gasteiger partial charge in [0.25, 0.3) is 0 Å². The molecule has 1 heterocycles. The van der Waals surface area contributed by atoms with Crippen LogP contribution in [0.1, 0.15) is 16.9 Å². The van der Waals surface area contributed by atoms with Crippen LogP contribution < -0.4 is 0 Å². The molecule has 5 nitrogen and oxygen atoms in total. The molecule has 0 saturated carbocycles. The van der Waals surface area contributed by atoms with E-state index in [0.717, 1.165) is 6.20 Å². The van der Waals surface area contributed by atoms with Crippen molar-refractivity contribution in [3.8, 4) is 0 Å². The summed E-state index contributed by atoms with van der Waals surface area (Å²) in [5.74, 6) is -0.611. The van der Waals surface area contributed by atoms with Crippen molar-refractivity contribution in [2.75, 3.05) is 32.1 Å². The molecule has 0 N–H and O–H groups in total. The maximum Gasteiger partial charge on any atom is 0.182 e. The molecule has 0 atom stereocenters. The predicted octanol–water partition coefficient (Wildman–Crippen LogP) is 0.770. The lowest BCUT2D eigenvalue weighted by atomic mass is 10.2. The van der Waals surface area contributed by atoms with Gasteiger partial charge in [-0.2, -0.15) is 0 Å². The number of rotatable bonds is 7. The predicted molar refractivity (Wildman–Crippen MR) is 70.4 cm³/mol. The van der Waals surface area contributed by atoms with E-state index >= 15 is 0 Å². The van der Waals surface area contributed by atoms with Gasteiger partial charge in [-0.05, 0) is 19.2 Å². The molecule has 0 aliphatic heterocycles. The first-order chi connectivity index (χ1) is 8.78. The first-order valence-corrected chi connectivity index (χ1v) is 7.85. The average molecular weight is 288 g/mol. The number of hydrogen-bond donors (Lipinski definition) is 0. The van der Waals surface area contributed by atoms with Gasteiger partial charge >= 0.3 is 0 Å². The van der Waals surface area contributed by atoms with Crippen molar-refractivity contribution in [2.24, 2.45) is 0 Å². The summed E-state index contributed by atoms with van der Waals surface area (Å²) < 4.78 is 34.6. The van der Waals surface area contributed by atoms with Crippen LogP contribution in [0.5, 0.6) is 0 Å². The number of aromatic nitrogens is 1. The van der Waals surface area contributed by atoms with Gasteiger partial charge in [0.15, 0.2) is 5.78 Å². The molecule has 0 aliphatic carbocycles. The van der Waals surface area contributed by atoms with Gasteiger partial charge in [0.05, 0.1) is 11.9 Å². The Labute approximate surface area is 112 Å². The van der Waals surface area contributed by atoms with Crippen molar-refractivity contribution in [3.63, 3.8) is 0 Å². The molecular weight excluding hydrogens is 271 g/mol. The number of carbonyl (C=O) groups is 1. The molecule has 7 heteroatoms. The minimum Gasteiger partial charge on any atom is -0.305 e. The number of nitrogens with zero attached hydrogens (tertiary/aromatic N) is 2. The van der Waals surface area contributed by atoms with Crippen LogP contribution in [-0.2, 0) is 9.84 Å². The monoisotopic (exact) mass is 288 g/mol. The summed E-state index contributed by atoms with van der Waals surface area (Å²) in [6.45, 7) is 0.816. The average Bonchev–Trinajstić information content (AvgIpc) is 2.33. The molecule has 0 bridgehead atoms.